The molecule has 1 aliphatic rings. The van der Waals surface area contributed by atoms with Gasteiger partial charge >= 0.3 is 0 Å². The van der Waals surface area contributed by atoms with E-state index in [0.717, 1.165) is 31.6 Å². The fraction of sp³-hybridized carbons (Fsp3) is 0.889. The van der Waals surface area contributed by atoms with E-state index in [1.807, 2.05) is 6.92 Å². The van der Waals surface area contributed by atoms with Gasteiger partial charge in [0.2, 0.25) is 0 Å². The SMILES string of the molecule is CCC(C)(CO)NC1=NCCC1. The number of rotatable bonds is 3. The summed E-state index contributed by atoms with van der Waals surface area (Å²) in [6.45, 7) is 5.20. The van der Waals surface area contributed by atoms with E-state index in [0.29, 0.717) is 0 Å². The number of nitrogens with zero attached hydrogens (tertiary/aromatic N) is 1. The number of hydrogen-bond acceptors (Lipinski definition) is 3. The number of nitrogens with one attached hydrogen (secondary N) is 1. The molecule has 0 amide bonds. The van der Waals surface area contributed by atoms with Gasteiger partial charge in [-0.1, -0.05) is 6.92 Å². The molecule has 0 bridgehead atoms. The Morgan fingerprint density at radius 2 is 2.42 bits per heavy atom. The lowest BCUT2D eigenvalue weighted by Gasteiger charge is -2.28. The second-order valence-electron chi connectivity index (χ2n) is 3.63. The van der Waals surface area contributed by atoms with Gasteiger partial charge in [-0.05, 0) is 19.8 Å². The topological polar surface area (TPSA) is 44.6 Å². The summed E-state index contributed by atoms with van der Waals surface area (Å²) in [4.78, 5) is 4.31. The van der Waals surface area contributed by atoms with Crippen molar-refractivity contribution in [3.8, 4) is 0 Å². The minimum atomic E-state index is -0.177. The lowest BCUT2D eigenvalue weighted by molar-refractivity contribution is 0.188. The molecule has 70 valence electrons. The average Bonchev–Trinajstić information content (AvgIpc) is 2.57. The quantitative estimate of drug-likeness (QED) is 0.661. The predicted molar refractivity (Wildman–Crippen MR) is 50.5 cm³/mol. The van der Waals surface area contributed by atoms with Crippen molar-refractivity contribution < 1.29 is 5.11 Å². The van der Waals surface area contributed by atoms with E-state index in [2.05, 4.69) is 17.2 Å². The van der Waals surface area contributed by atoms with E-state index in [1.54, 1.807) is 0 Å². The molecule has 0 aliphatic carbocycles. The van der Waals surface area contributed by atoms with Crippen molar-refractivity contribution in [2.75, 3.05) is 13.2 Å². The minimum Gasteiger partial charge on any atom is -0.394 e. The van der Waals surface area contributed by atoms with Crippen LogP contribution in [-0.4, -0.2) is 29.6 Å². The Bertz CT molecular complexity index is 173. The van der Waals surface area contributed by atoms with Crippen LogP contribution in [0.1, 0.15) is 33.1 Å². The number of aliphatic imine (C=N–C) groups is 1. The normalized spacial score (nSPS) is 21.8. The van der Waals surface area contributed by atoms with Crippen LogP contribution in [-0.2, 0) is 0 Å². The number of aliphatic hydroxyl groups is 1. The van der Waals surface area contributed by atoms with E-state index in [4.69, 9.17) is 5.11 Å². The van der Waals surface area contributed by atoms with Crippen molar-refractivity contribution >= 4 is 5.84 Å². The summed E-state index contributed by atoms with van der Waals surface area (Å²) in [5.74, 6) is 1.06. The van der Waals surface area contributed by atoms with Gasteiger partial charge in [-0.25, -0.2) is 0 Å². The average molecular weight is 170 g/mol. The van der Waals surface area contributed by atoms with E-state index in [9.17, 15) is 0 Å². The van der Waals surface area contributed by atoms with Crippen molar-refractivity contribution in [3.05, 3.63) is 0 Å². The smallest absolute Gasteiger partial charge is 0.0968 e. The second kappa shape index (κ2) is 3.90. The third-order valence-corrected chi connectivity index (χ3v) is 2.45. The largest absolute Gasteiger partial charge is 0.394 e. The van der Waals surface area contributed by atoms with Crippen LogP contribution in [0.5, 0.6) is 0 Å². The highest BCUT2D eigenvalue weighted by Crippen LogP contribution is 2.11. The van der Waals surface area contributed by atoms with Crippen LogP contribution in [0, 0.1) is 0 Å². The van der Waals surface area contributed by atoms with Gasteiger partial charge in [0.25, 0.3) is 0 Å². The third-order valence-electron chi connectivity index (χ3n) is 2.45. The lowest BCUT2D eigenvalue weighted by Crippen LogP contribution is -2.47. The molecule has 0 radical (unpaired) electrons. The molecule has 12 heavy (non-hydrogen) atoms. The summed E-state index contributed by atoms with van der Waals surface area (Å²) in [7, 11) is 0. The number of aliphatic hydroxyl groups excluding tert-OH is 1. The molecule has 1 atom stereocenters. The van der Waals surface area contributed by atoms with Crippen molar-refractivity contribution in [1.29, 1.82) is 0 Å². The van der Waals surface area contributed by atoms with Crippen molar-refractivity contribution in [1.82, 2.24) is 5.32 Å². The highest BCUT2D eigenvalue weighted by atomic mass is 16.3. The van der Waals surface area contributed by atoms with Crippen LogP contribution in [0.4, 0.5) is 0 Å². The number of amidine groups is 1. The molecule has 0 fully saturated rings. The second-order valence-corrected chi connectivity index (χ2v) is 3.63. The van der Waals surface area contributed by atoms with Crippen molar-refractivity contribution in [2.45, 2.75) is 38.6 Å². The van der Waals surface area contributed by atoms with Gasteiger partial charge in [-0.3, -0.25) is 4.99 Å². The van der Waals surface area contributed by atoms with Crippen LogP contribution in [0.25, 0.3) is 0 Å². The molecule has 0 saturated heterocycles. The molecule has 2 N–H and O–H groups in total. The molecule has 0 saturated carbocycles. The molecule has 3 heteroatoms. The van der Waals surface area contributed by atoms with Crippen LogP contribution < -0.4 is 5.32 Å². The third kappa shape index (κ3) is 2.21. The molecule has 1 rings (SSSR count). The maximum absolute atomic E-state index is 9.13. The van der Waals surface area contributed by atoms with Crippen molar-refractivity contribution in [2.24, 2.45) is 4.99 Å². The molecular formula is C9H18N2O. The Labute approximate surface area is 73.9 Å². The first-order valence-electron chi connectivity index (χ1n) is 4.62. The van der Waals surface area contributed by atoms with Gasteiger partial charge in [-0.15, -0.1) is 0 Å². The zero-order valence-electron chi connectivity index (χ0n) is 7.93. The Kier molecular flexibility index (Phi) is 3.09. The van der Waals surface area contributed by atoms with Crippen molar-refractivity contribution in [3.63, 3.8) is 0 Å². The van der Waals surface area contributed by atoms with Crippen LogP contribution >= 0.6 is 0 Å². The molecular weight excluding hydrogens is 152 g/mol. The fourth-order valence-corrected chi connectivity index (χ4v) is 1.23. The monoisotopic (exact) mass is 170 g/mol. The summed E-state index contributed by atoms with van der Waals surface area (Å²) >= 11 is 0. The van der Waals surface area contributed by atoms with Gasteiger partial charge in [0.15, 0.2) is 0 Å². The molecule has 1 heterocycles. The van der Waals surface area contributed by atoms with E-state index < -0.39 is 0 Å². The summed E-state index contributed by atoms with van der Waals surface area (Å²) < 4.78 is 0. The highest BCUT2D eigenvalue weighted by molar-refractivity contribution is 5.84. The fourth-order valence-electron chi connectivity index (χ4n) is 1.23. The Morgan fingerprint density at radius 1 is 1.67 bits per heavy atom. The van der Waals surface area contributed by atoms with Gasteiger partial charge in [0.05, 0.1) is 18.0 Å². The molecule has 0 aromatic heterocycles. The van der Waals surface area contributed by atoms with Gasteiger partial charge in [-0.2, -0.15) is 0 Å². The van der Waals surface area contributed by atoms with Gasteiger partial charge < -0.3 is 10.4 Å². The zero-order chi connectivity index (χ0) is 9.03. The number of hydrogen-bond donors (Lipinski definition) is 2. The Balaban J connectivity index is 2.46. The maximum Gasteiger partial charge on any atom is 0.0968 e. The molecule has 3 nitrogen and oxygen atoms in total. The Morgan fingerprint density at radius 3 is 2.83 bits per heavy atom. The first kappa shape index (κ1) is 9.52. The lowest BCUT2D eigenvalue weighted by atomic mass is 10.00. The first-order valence-corrected chi connectivity index (χ1v) is 4.62. The summed E-state index contributed by atoms with van der Waals surface area (Å²) in [5, 5.41) is 12.4. The van der Waals surface area contributed by atoms with Crippen LogP contribution in [0.2, 0.25) is 0 Å². The first-order chi connectivity index (χ1) is 5.70. The van der Waals surface area contributed by atoms with E-state index in [1.165, 1.54) is 0 Å². The van der Waals surface area contributed by atoms with E-state index in [-0.39, 0.29) is 12.1 Å². The maximum atomic E-state index is 9.13. The molecule has 1 aliphatic heterocycles. The molecule has 0 spiro atoms. The molecule has 0 aromatic carbocycles. The minimum absolute atomic E-state index is 0.169. The van der Waals surface area contributed by atoms with Gasteiger partial charge in [0.1, 0.15) is 0 Å². The van der Waals surface area contributed by atoms with Crippen LogP contribution in [0.15, 0.2) is 4.99 Å². The zero-order valence-corrected chi connectivity index (χ0v) is 7.93. The van der Waals surface area contributed by atoms with Gasteiger partial charge in [0, 0.05) is 13.0 Å². The molecule has 1 unspecified atom stereocenters. The summed E-state index contributed by atoms with van der Waals surface area (Å²) in [5.41, 5.74) is -0.177. The van der Waals surface area contributed by atoms with Crippen LogP contribution in [0.3, 0.4) is 0 Å². The predicted octanol–water partition coefficient (Wildman–Crippen LogP) is 0.929. The Hall–Kier alpha value is -0.570. The summed E-state index contributed by atoms with van der Waals surface area (Å²) in [6, 6.07) is 0. The molecule has 0 aromatic rings. The highest BCUT2D eigenvalue weighted by Gasteiger charge is 2.22. The summed E-state index contributed by atoms with van der Waals surface area (Å²) in [6.07, 6.45) is 3.10. The van der Waals surface area contributed by atoms with E-state index >= 15 is 0 Å². The standard InChI is InChI=1S/C9H18N2O/c1-3-9(2,7-12)11-8-5-4-6-10-8/h12H,3-7H2,1-2H3,(H,10,11).